The van der Waals surface area contributed by atoms with Crippen LogP contribution in [0.4, 0.5) is 0 Å². The third-order valence-corrected chi connectivity index (χ3v) is 4.92. The van der Waals surface area contributed by atoms with Crippen molar-refractivity contribution in [2.45, 2.75) is 57.8 Å². The van der Waals surface area contributed by atoms with Crippen LogP contribution in [0.15, 0.2) is 0 Å². The molecule has 0 spiro atoms. The lowest BCUT2D eigenvalue weighted by atomic mass is 9.74. The number of carbonyl (C=O) groups is 2. The second kappa shape index (κ2) is 7.78. The normalized spacial score (nSPS) is 22.7. The van der Waals surface area contributed by atoms with Gasteiger partial charge in [0.15, 0.2) is 0 Å². The van der Waals surface area contributed by atoms with E-state index in [2.05, 4.69) is 5.32 Å². The largest absolute Gasteiger partial charge is 0.396 e. The van der Waals surface area contributed by atoms with Gasteiger partial charge < -0.3 is 15.3 Å². The van der Waals surface area contributed by atoms with Crippen LogP contribution in [-0.4, -0.2) is 48.1 Å². The van der Waals surface area contributed by atoms with Crippen LogP contribution in [0.25, 0.3) is 0 Å². The molecule has 1 saturated carbocycles. The Morgan fingerprint density at radius 1 is 1.14 bits per heavy atom. The standard InChI is InChI=1S/C16H28N2O3/c19-13-16(8-4-2-5-9-16)12-17-14(20)11-18-10-6-1-3-7-15(18)21/h19H,1-13H2,(H,17,20). The molecule has 2 rings (SSSR count). The van der Waals surface area contributed by atoms with Gasteiger partial charge in [0.1, 0.15) is 0 Å². The number of aliphatic hydroxyl groups excluding tert-OH is 1. The molecule has 5 nitrogen and oxygen atoms in total. The maximum Gasteiger partial charge on any atom is 0.239 e. The summed E-state index contributed by atoms with van der Waals surface area (Å²) >= 11 is 0. The van der Waals surface area contributed by atoms with E-state index in [4.69, 9.17) is 0 Å². The van der Waals surface area contributed by atoms with Gasteiger partial charge in [-0.2, -0.15) is 0 Å². The maximum atomic E-state index is 12.1. The first-order chi connectivity index (χ1) is 10.2. The van der Waals surface area contributed by atoms with Crippen molar-refractivity contribution in [3.8, 4) is 0 Å². The van der Waals surface area contributed by atoms with Crippen LogP contribution in [0, 0.1) is 5.41 Å². The van der Waals surface area contributed by atoms with Crippen molar-refractivity contribution < 1.29 is 14.7 Å². The van der Waals surface area contributed by atoms with Crippen molar-refractivity contribution in [2.24, 2.45) is 5.41 Å². The first kappa shape index (κ1) is 16.3. The van der Waals surface area contributed by atoms with E-state index in [1.807, 2.05) is 0 Å². The summed E-state index contributed by atoms with van der Waals surface area (Å²) in [4.78, 5) is 25.6. The van der Waals surface area contributed by atoms with Crippen molar-refractivity contribution >= 4 is 11.8 Å². The fraction of sp³-hybridized carbons (Fsp3) is 0.875. The summed E-state index contributed by atoms with van der Waals surface area (Å²) in [6.07, 6.45) is 8.98. The van der Waals surface area contributed by atoms with E-state index >= 15 is 0 Å². The minimum atomic E-state index is -0.142. The fourth-order valence-electron chi connectivity index (χ4n) is 3.41. The Bertz CT molecular complexity index is 365. The highest BCUT2D eigenvalue weighted by atomic mass is 16.3. The van der Waals surface area contributed by atoms with E-state index in [1.54, 1.807) is 4.90 Å². The number of rotatable bonds is 5. The van der Waals surface area contributed by atoms with Gasteiger partial charge in [-0.25, -0.2) is 0 Å². The zero-order chi connectivity index (χ0) is 15.1. The zero-order valence-corrected chi connectivity index (χ0v) is 12.9. The molecular weight excluding hydrogens is 268 g/mol. The van der Waals surface area contributed by atoms with E-state index in [-0.39, 0.29) is 30.4 Å². The van der Waals surface area contributed by atoms with Gasteiger partial charge in [0.2, 0.25) is 11.8 Å². The van der Waals surface area contributed by atoms with Crippen molar-refractivity contribution in [1.82, 2.24) is 10.2 Å². The predicted molar refractivity (Wildman–Crippen MR) is 80.7 cm³/mol. The van der Waals surface area contributed by atoms with Crippen LogP contribution < -0.4 is 5.32 Å². The third kappa shape index (κ3) is 4.70. The van der Waals surface area contributed by atoms with Crippen LogP contribution in [0.3, 0.4) is 0 Å². The molecule has 0 radical (unpaired) electrons. The van der Waals surface area contributed by atoms with E-state index in [0.717, 1.165) is 44.9 Å². The number of carbonyl (C=O) groups excluding carboxylic acids is 2. The Morgan fingerprint density at radius 3 is 2.57 bits per heavy atom. The van der Waals surface area contributed by atoms with E-state index in [1.165, 1.54) is 6.42 Å². The van der Waals surface area contributed by atoms with Gasteiger partial charge in [-0.1, -0.05) is 25.7 Å². The van der Waals surface area contributed by atoms with Crippen molar-refractivity contribution in [3.63, 3.8) is 0 Å². The Hall–Kier alpha value is -1.10. The Morgan fingerprint density at radius 2 is 1.86 bits per heavy atom. The van der Waals surface area contributed by atoms with Crippen LogP contribution in [0.5, 0.6) is 0 Å². The van der Waals surface area contributed by atoms with Crippen molar-refractivity contribution in [3.05, 3.63) is 0 Å². The van der Waals surface area contributed by atoms with Gasteiger partial charge >= 0.3 is 0 Å². The van der Waals surface area contributed by atoms with E-state index in [0.29, 0.717) is 19.5 Å². The van der Waals surface area contributed by atoms with Gasteiger partial charge in [0.25, 0.3) is 0 Å². The van der Waals surface area contributed by atoms with Crippen LogP contribution >= 0.6 is 0 Å². The summed E-state index contributed by atoms with van der Waals surface area (Å²) < 4.78 is 0. The lowest BCUT2D eigenvalue weighted by Gasteiger charge is -2.35. The Kier molecular flexibility index (Phi) is 6.03. The average molecular weight is 296 g/mol. The summed E-state index contributed by atoms with van der Waals surface area (Å²) in [7, 11) is 0. The Balaban J connectivity index is 1.79. The van der Waals surface area contributed by atoms with Gasteiger partial charge in [0.05, 0.1) is 13.2 Å². The number of amides is 2. The molecule has 1 aliphatic carbocycles. The molecule has 120 valence electrons. The van der Waals surface area contributed by atoms with Crippen molar-refractivity contribution in [1.29, 1.82) is 0 Å². The molecule has 2 N–H and O–H groups in total. The number of nitrogens with zero attached hydrogens (tertiary/aromatic N) is 1. The number of likely N-dealkylation sites (tertiary alicyclic amines) is 1. The molecule has 21 heavy (non-hydrogen) atoms. The number of aliphatic hydroxyl groups is 1. The second-order valence-electron chi connectivity index (χ2n) is 6.62. The summed E-state index contributed by atoms with van der Waals surface area (Å²) in [5.74, 6) is 0.000774. The SMILES string of the molecule is O=C(CN1CCCCCC1=O)NCC1(CO)CCCCC1. The monoisotopic (exact) mass is 296 g/mol. The lowest BCUT2D eigenvalue weighted by Crippen LogP contribution is -2.46. The van der Waals surface area contributed by atoms with E-state index in [9.17, 15) is 14.7 Å². The minimum absolute atomic E-state index is 0.0938. The molecule has 0 aromatic rings. The predicted octanol–water partition coefficient (Wildman–Crippen LogP) is 1.45. The molecular formula is C16H28N2O3. The molecule has 2 amide bonds. The minimum Gasteiger partial charge on any atom is -0.396 e. The highest BCUT2D eigenvalue weighted by Crippen LogP contribution is 2.35. The zero-order valence-electron chi connectivity index (χ0n) is 12.9. The number of hydrogen-bond donors (Lipinski definition) is 2. The van der Waals surface area contributed by atoms with Crippen LogP contribution in [0.1, 0.15) is 57.8 Å². The van der Waals surface area contributed by atoms with Crippen LogP contribution in [0.2, 0.25) is 0 Å². The summed E-state index contributed by atoms with van der Waals surface area (Å²) in [5, 5.41) is 12.6. The molecule has 0 unspecified atom stereocenters. The number of nitrogens with one attached hydrogen (secondary N) is 1. The first-order valence-electron chi connectivity index (χ1n) is 8.31. The topological polar surface area (TPSA) is 69.6 Å². The van der Waals surface area contributed by atoms with Gasteiger partial charge in [-0.05, 0) is 25.7 Å². The summed E-state index contributed by atoms with van der Waals surface area (Å²) in [6.45, 7) is 1.53. The number of hydrogen-bond acceptors (Lipinski definition) is 3. The first-order valence-corrected chi connectivity index (χ1v) is 8.31. The molecule has 0 aromatic carbocycles. The van der Waals surface area contributed by atoms with Crippen LogP contribution in [-0.2, 0) is 9.59 Å². The lowest BCUT2D eigenvalue weighted by molar-refractivity contribution is -0.135. The smallest absolute Gasteiger partial charge is 0.239 e. The molecule has 1 aliphatic heterocycles. The van der Waals surface area contributed by atoms with E-state index < -0.39 is 0 Å². The Labute approximate surface area is 127 Å². The molecule has 0 aromatic heterocycles. The average Bonchev–Trinajstić information content (AvgIpc) is 2.71. The molecule has 0 atom stereocenters. The molecule has 2 aliphatic rings. The summed E-state index contributed by atoms with van der Waals surface area (Å²) in [5.41, 5.74) is -0.142. The molecule has 1 saturated heterocycles. The van der Waals surface area contributed by atoms with Crippen molar-refractivity contribution in [2.75, 3.05) is 26.2 Å². The third-order valence-electron chi connectivity index (χ3n) is 4.92. The fourth-order valence-corrected chi connectivity index (χ4v) is 3.41. The molecule has 0 bridgehead atoms. The molecule has 5 heteroatoms. The molecule has 1 heterocycles. The maximum absolute atomic E-state index is 12.1. The molecule has 2 fully saturated rings. The second-order valence-corrected chi connectivity index (χ2v) is 6.62. The van der Waals surface area contributed by atoms with Gasteiger partial charge in [-0.3, -0.25) is 9.59 Å². The highest BCUT2D eigenvalue weighted by molar-refractivity contribution is 5.84. The summed E-state index contributed by atoms with van der Waals surface area (Å²) in [6, 6.07) is 0. The van der Waals surface area contributed by atoms with Gasteiger partial charge in [0, 0.05) is 24.9 Å². The quantitative estimate of drug-likeness (QED) is 0.806. The highest BCUT2D eigenvalue weighted by Gasteiger charge is 2.32. The van der Waals surface area contributed by atoms with Gasteiger partial charge in [-0.15, -0.1) is 0 Å².